The molecular formula is C15H26N2O. The van der Waals surface area contributed by atoms with Crippen molar-refractivity contribution in [2.45, 2.75) is 39.2 Å². The molecule has 1 aliphatic rings. The maximum atomic E-state index is 4.94. The third-order valence-corrected chi connectivity index (χ3v) is 3.22. The number of ether oxygens (including phenoxy) is 1. The second-order valence-electron chi connectivity index (χ2n) is 4.87. The summed E-state index contributed by atoms with van der Waals surface area (Å²) in [5, 5.41) is 0. The SMILES string of the molecule is C1CCOC1.CCc1cccc([C@@H](C)N(C)C)n1. The normalized spacial score (nSPS) is 16.3. The van der Waals surface area contributed by atoms with Gasteiger partial charge in [-0.3, -0.25) is 4.98 Å². The van der Waals surface area contributed by atoms with Crippen molar-refractivity contribution in [3.63, 3.8) is 0 Å². The van der Waals surface area contributed by atoms with Gasteiger partial charge in [0.15, 0.2) is 0 Å². The molecule has 0 aliphatic carbocycles. The minimum atomic E-state index is 0.395. The molecule has 1 fully saturated rings. The summed E-state index contributed by atoms with van der Waals surface area (Å²) in [6, 6.07) is 6.64. The highest BCUT2D eigenvalue weighted by Crippen LogP contribution is 2.14. The fraction of sp³-hybridized carbons (Fsp3) is 0.667. The summed E-state index contributed by atoms with van der Waals surface area (Å²) in [5.41, 5.74) is 2.33. The highest BCUT2D eigenvalue weighted by Gasteiger charge is 2.08. The Morgan fingerprint density at radius 2 is 1.94 bits per heavy atom. The summed E-state index contributed by atoms with van der Waals surface area (Å²) in [6.07, 6.45) is 3.56. The molecule has 0 amide bonds. The van der Waals surface area contributed by atoms with E-state index in [1.807, 2.05) is 0 Å². The van der Waals surface area contributed by atoms with Crippen LogP contribution in [0.4, 0.5) is 0 Å². The molecule has 18 heavy (non-hydrogen) atoms. The Kier molecular flexibility index (Phi) is 6.91. The Balaban J connectivity index is 0.000000269. The van der Waals surface area contributed by atoms with Gasteiger partial charge >= 0.3 is 0 Å². The smallest absolute Gasteiger partial charge is 0.0575 e. The molecule has 1 aromatic heterocycles. The zero-order chi connectivity index (χ0) is 13.4. The van der Waals surface area contributed by atoms with Crippen molar-refractivity contribution in [2.75, 3.05) is 27.3 Å². The van der Waals surface area contributed by atoms with Gasteiger partial charge in [-0.25, -0.2) is 0 Å². The van der Waals surface area contributed by atoms with Crippen molar-refractivity contribution in [3.05, 3.63) is 29.6 Å². The van der Waals surface area contributed by atoms with Crippen molar-refractivity contribution >= 4 is 0 Å². The first kappa shape index (κ1) is 15.1. The van der Waals surface area contributed by atoms with E-state index >= 15 is 0 Å². The predicted molar refractivity (Wildman–Crippen MR) is 75.8 cm³/mol. The van der Waals surface area contributed by atoms with Crippen LogP contribution in [0.15, 0.2) is 18.2 Å². The lowest BCUT2D eigenvalue weighted by molar-refractivity contribution is 0.198. The van der Waals surface area contributed by atoms with Crippen LogP contribution in [-0.2, 0) is 11.2 Å². The van der Waals surface area contributed by atoms with E-state index in [1.54, 1.807) is 0 Å². The van der Waals surface area contributed by atoms with Gasteiger partial charge < -0.3 is 9.64 Å². The molecular weight excluding hydrogens is 224 g/mol. The Labute approximate surface area is 111 Å². The maximum absolute atomic E-state index is 4.94. The maximum Gasteiger partial charge on any atom is 0.0575 e. The average molecular weight is 250 g/mol. The number of aromatic nitrogens is 1. The molecule has 0 N–H and O–H groups in total. The van der Waals surface area contributed by atoms with Gasteiger partial charge in [0.05, 0.1) is 5.69 Å². The van der Waals surface area contributed by atoms with Crippen LogP contribution in [0.2, 0.25) is 0 Å². The Morgan fingerprint density at radius 1 is 1.28 bits per heavy atom. The molecule has 1 aromatic rings. The Bertz CT molecular complexity index is 327. The first-order valence-electron chi connectivity index (χ1n) is 6.85. The van der Waals surface area contributed by atoms with E-state index in [0.29, 0.717) is 6.04 Å². The zero-order valence-corrected chi connectivity index (χ0v) is 12.1. The third kappa shape index (κ3) is 5.15. The van der Waals surface area contributed by atoms with E-state index in [-0.39, 0.29) is 0 Å². The van der Waals surface area contributed by atoms with Gasteiger partial charge in [0.25, 0.3) is 0 Å². The van der Waals surface area contributed by atoms with E-state index in [4.69, 9.17) is 4.74 Å². The van der Waals surface area contributed by atoms with Crippen LogP contribution in [0.5, 0.6) is 0 Å². The molecule has 2 rings (SSSR count). The summed E-state index contributed by atoms with van der Waals surface area (Å²) in [6.45, 7) is 6.30. The molecule has 0 saturated carbocycles. The summed E-state index contributed by atoms with van der Waals surface area (Å²) in [5.74, 6) is 0. The first-order valence-corrected chi connectivity index (χ1v) is 6.85. The van der Waals surface area contributed by atoms with Crippen LogP contribution in [0.25, 0.3) is 0 Å². The summed E-state index contributed by atoms with van der Waals surface area (Å²) < 4.78 is 4.94. The van der Waals surface area contributed by atoms with Gasteiger partial charge in [0, 0.05) is 24.9 Å². The molecule has 1 aliphatic heterocycles. The van der Waals surface area contributed by atoms with Crippen LogP contribution in [0.1, 0.15) is 44.1 Å². The lowest BCUT2D eigenvalue weighted by Gasteiger charge is -2.19. The van der Waals surface area contributed by atoms with Crippen LogP contribution in [0.3, 0.4) is 0 Å². The summed E-state index contributed by atoms with van der Waals surface area (Å²) in [4.78, 5) is 6.74. The lowest BCUT2D eigenvalue weighted by atomic mass is 10.2. The van der Waals surface area contributed by atoms with Gasteiger partial charge in [0.2, 0.25) is 0 Å². The summed E-state index contributed by atoms with van der Waals surface area (Å²) >= 11 is 0. The number of pyridine rings is 1. The minimum absolute atomic E-state index is 0.395. The molecule has 0 bridgehead atoms. The second kappa shape index (κ2) is 8.22. The standard InChI is InChI=1S/C11H18N2.C4H8O/c1-5-10-7-6-8-11(12-10)9(2)13(3)4;1-2-4-5-3-1/h6-9H,5H2,1-4H3;1-4H2/t9-;/m1./s1. The van der Waals surface area contributed by atoms with Crippen molar-refractivity contribution in [1.82, 2.24) is 9.88 Å². The average Bonchev–Trinajstić information content (AvgIpc) is 2.97. The van der Waals surface area contributed by atoms with Crippen LogP contribution >= 0.6 is 0 Å². The molecule has 3 heteroatoms. The zero-order valence-electron chi connectivity index (χ0n) is 12.1. The predicted octanol–water partition coefficient (Wildman–Crippen LogP) is 3.06. The Hall–Kier alpha value is -0.930. The third-order valence-electron chi connectivity index (χ3n) is 3.22. The first-order chi connectivity index (χ1) is 8.65. The molecule has 0 spiro atoms. The van der Waals surface area contributed by atoms with Gasteiger partial charge in [-0.15, -0.1) is 0 Å². The number of nitrogens with zero attached hydrogens (tertiary/aromatic N) is 2. The van der Waals surface area contributed by atoms with E-state index in [2.05, 4.69) is 56.0 Å². The molecule has 102 valence electrons. The van der Waals surface area contributed by atoms with Crippen LogP contribution in [0, 0.1) is 0 Å². The van der Waals surface area contributed by atoms with Crippen molar-refractivity contribution in [2.24, 2.45) is 0 Å². The van der Waals surface area contributed by atoms with Crippen LogP contribution in [-0.4, -0.2) is 37.2 Å². The highest BCUT2D eigenvalue weighted by molar-refractivity contribution is 5.13. The minimum Gasteiger partial charge on any atom is -0.381 e. The van der Waals surface area contributed by atoms with Gasteiger partial charge in [-0.05, 0) is 52.4 Å². The molecule has 1 atom stereocenters. The van der Waals surface area contributed by atoms with E-state index in [1.165, 1.54) is 18.5 Å². The number of rotatable bonds is 3. The molecule has 0 radical (unpaired) electrons. The monoisotopic (exact) mass is 250 g/mol. The van der Waals surface area contributed by atoms with E-state index in [9.17, 15) is 0 Å². The fourth-order valence-corrected chi connectivity index (χ4v) is 1.70. The molecule has 2 heterocycles. The van der Waals surface area contributed by atoms with Crippen molar-refractivity contribution < 1.29 is 4.74 Å². The quantitative estimate of drug-likeness (QED) is 0.824. The fourth-order valence-electron chi connectivity index (χ4n) is 1.70. The van der Waals surface area contributed by atoms with Crippen molar-refractivity contribution in [1.29, 1.82) is 0 Å². The number of hydrogen-bond acceptors (Lipinski definition) is 3. The van der Waals surface area contributed by atoms with Gasteiger partial charge in [0.1, 0.15) is 0 Å². The molecule has 0 unspecified atom stereocenters. The topological polar surface area (TPSA) is 25.4 Å². The van der Waals surface area contributed by atoms with E-state index < -0.39 is 0 Å². The number of hydrogen-bond donors (Lipinski definition) is 0. The number of aryl methyl sites for hydroxylation is 1. The summed E-state index contributed by atoms with van der Waals surface area (Å²) in [7, 11) is 4.15. The molecule has 3 nitrogen and oxygen atoms in total. The highest BCUT2D eigenvalue weighted by atomic mass is 16.5. The van der Waals surface area contributed by atoms with Crippen molar-refractivity contribution in [3.8, 4) is 0 Å². The van der Waals surface area contributed by atoms with Gasteiger partial charge in [-0.1, -0.05) is 13.0 Å². The lowest BCUT2D eigenvalue weighted by Crippen LogP contribution is -2.18. The second-order valence-corrected chi connectivity index (χ2v) is 4.87. The largest absolute Gasteiger partial charge is 0.381 e. The molecule has 0 aromatic carbocycles. The van der Waals surface area contributed by atoms with E-state index in [0.717, 1.165) is 25.3 Å². The molecule has 1 saturated heterocycles. The van der Waals surface area contributed by atoms with Crippen LogP contribution < -0.4 is 0 Å². The Morgan fingerprint density at radius 3 is 2.39 bits per heavy atom. The van der Waals surface area contributed by atoms with Gasteiger partial charge in [-0.2, -0.15) is 0 Å².